The normalized spacial score (nSPS) is 11.6. The fourth-order valence-electron chi connectivity index (χ4n) is 2.06. The Morgan fingerprint density at radius 1 is 1.35 bits per heavy atom. The Morgan fingerprint density at radius 2 is 2.04 bits per heavy atom. The highest BCUT2D eigenvalue weighted by Gasteiger charge is 2.12. The van der Waals surface area contributed by atoms with E-state index in [0.29, 0.717) is 29.4 Å². The molecule has 1 N–H and O–H groups in total. The number of benzene rings is 1. The van der Waals surface area contributed by atoms with Crippen molar-refractivity contribution in [2.24, 2.45) is 0 Å². The van der Waals surface area contributed by atoms with Crippen LogP contribution in [0, 0.1) is 17.0 Å². The molecule has 2 aromatic rings. The Morgan fingerprint density at radius 3 is 2.65 bits per heavy atom. The molecular formula is C16H19N3O4. The van der Waals surface area contributed by atoms with Crippen molar-refractivity contribution in [3.63, 3.8) is 0 Å². The van der Waals surface area contributed by atoms with E-state index in [1.165, 1.54) is 12.3 Å². The number of nitrogens with zero attached hydrogens (tertiary/aromatic N) is 2. The van der Waals surface area contributed by atoms with Crippen molar-refractivity contribution in [3.8, 4) is 11.5 Å². The van der Waals surface area contributed by atoms with Gasteiger partial charge in [-0.3, -0.25) is 10.1 Å². The van der Waals surface area contributed by atoms with Gasteiger partial charge in [-0.2, -0.15) is 0 Å². The monoisotopic (exact) mass is 317 g/mol. The second-order valence-corrected chi connectivity index (χ2v) is 5.08. The zero-order valence-corrected chi connectivity index (χ0v) is 13.3. The van der Waals surface area contributed by atoms with Gasteiger partial charge < -0.3 is 14.8 Å². The van der Waals surface area contributed by atoms with E-state index < -0.39 is 4.92 Å². The fraction of sp³-hybridized carbons (Fsp3) is 0.312. The van der Waals surface area contributed by atoms with Crippen LogP contribution in [-0.4, -0.2) is 29.7 Å². The molecule has 0 aliphatic carbocycles. The lowest BCUT2D eigenvalue weighted by Gasteiger charge is -2.18. The highest BCUT2D eigenvalue weighted by molar-refractivity contribution is 5.48. The van der Waals surface area contributed by atoms with Crippen LogP contribution in [0.25, 0.3) is 0 Å². The summed E-state index contributed by atoms with van der Waals surface area (Å²) in [5.74, 6) is 1.94. The molecule has 1 atom stereocenters. The van der Waals surface area contributed by atoms with Crippen molar-refractivity contribution in [1.82, 2.24) is 4.98 Å². The summed E-state index contributed by atoms with van der Waals surface area (Å²) in [6.45, 7) is 4.19. The molecule has 0 saturated heterocycles. The van der Waals surface area contributed by atoms with Gasteiger partial charge in [-0.05, 0) is 31.5 Å². The molecule has 1 unspecified atom stereocenters. The second-order valence-electron chi connectivity index (χ2n) is 5.08. The Labute approximate surface area is 134 Å². The molecule has 0 bridgehead atoms. The van der Waals surface area contributed by atoms with Gasteiger partial charge in [-0.25, -0.2) is 4.98 Å². The number of pyridine rings is 1. The standard InChI is InChI=1S/C16H19N3O4/c1-11-8-13(19(20)21)10-18-16(11)17-9-12(2)23-15-7-5-4-6-14(15)22-3/h4-8,10,12H,9H2,1-3H3,(H,17,18). The molecule has 0 saturated carbocycles. The predicted octanol–water partition coefficient (Wildman–Crippen LogP) is 3.19. The first-order valence-corrected chi connectivity index (χ1v) is 7.16. The predicted molar refractivity (Wildman–Crippen MR) is 87.2 cm³/mol. The van der Waals surface area contributed by atoms with E-state index in [0.717, 1.165) is 0 Å². The van der Waals surface area contributed by atoms with Crippen molar-refractivity contribution >= 4 is 11.5 Å². The van der Waals surface area contributed by atoms with Crippen molar-refractivity contribution in [1.29, 1.82) is 0 Å². The second kappa shape index (κ2) is 7.44. The molecule has 2 rings (SSSR count). The summed E-state index contributed by atoms with van der Waals surface area (Å²) in [4.78, 5) is 14.3. The first-order valence-electron chi connectivity index (χ1n) is 7.16. The van der Waals surface area contributed by atoms with E-state index >= 15 is 0 Å². The van der Waals surface area contributed by atoms with Gasteiger partial charge in [0.05, 0.1) is 18.6 Å². The van der Waals surface area contributed by atoms with Crippen molar-refractivity contribution < 1.29 is 14.4 Å². The quantitative estimate of drug-likeness (QED) is 0.623. The summed E-state index contributed by atoms with van der Waals surface area (Å²) < 4.78 is 11.1. The highest BCUT2D eigenvalue weighted by Crippen LogP contribution is 2.27. The van der Waals surface area contributed by atoms with E-state index in [9.17, 15) is 10.1 Å². The van der Waals surface area contributed by atoms with Gasteiger partial charge in [0.2, 0.25) is 0 Å². The van der Waals surface area contributed by atoms with E-state index in [4.69, 9.17) is 9.47 Å². The zero-order valence-electron chi connectivity index (χ0n) is 13.3. The summed E-state index contributed by atoms with van der Waals surface area (Å²) in [6, 6.07) is 8.90. The van der Waals surface area contributed by atoms with Crippen molar-refractivity contribution in [2.75, 3.05) is 19.0 Å². The third-order valence-electron chi connectivity index (χ3n) is 3.23. The van der Waals surface area contributed by atoms with Crippen LogP contribution in [0.1, 0.15) is 12.5 Å². The first kappa shape index (κ1) is 16.5. The van der Waals surface area contributed by atoms with Gasteiger partial charge in [-0.15, -0.1) is 0 Å². The number of nitro groups is 1. The molecule has 0 aliphatic heterocycles. The van der Waals surface area contributed by atoms with Crippen LogP contribution in [-0.2, 0) is 0 Å². The van der Waals surface area contributed by atoms with E-state index in [2.05, 4.69) is 10.3 Å². The average molecular weight is 317 g/mol. The van der Waals surface area contributed by atoms with Gasteiger partial charge >= 0.3 is 0 Å². The van der Waals surface area contributed by atoms with Crippen LogP contribution < -0.4 is 14.8 Å². The minimum atomic E-state index is -0.461. The van der Waals surface area contributed by atoms with Gasteiger partial charge in [0.25, 0.3) is 5.69 Å². The maximum absolute atomic E-state index is 10.7. The molecule has 122 valence electrons. The number of methoxy groups -OCH3 is 1. The number of rotatable bonds is 7. The third-order valence-corrected chi connectivity index (χ3v) is 3.23. The number of ether oxygens (including phenoxy) is 2. The molecule has 23 heavy (non-hydrogen) atoms. The molecule has 0 spiro atoms. The maximum Gasteiger partial charge on any atom is 0.287 e. The minimum Gasteiger partial charge on any atom is -0.493 e. The summed E-state index contributed by atoms with van der Waals surface area (Å²) in [7, 11) is 1.59. The third kappa shape index (κ3) is 4.32. The number of aromatic nitrogens is 1. The lowest BCUT2D eigenvalue weighted by atomic mass is 10.2. The number of anilines is 1. The van der Waals surface area contributed by atoms with E-state index in [-0.39, 0.29) is 11.8 Å². The zero-order chi connectivity index (χ0) is 16.8. The van der Waals surface area contributed by atoms with Crippen LogP contribution >= 0.6 is 0 Å². The topological polar surface area (TPSA) is 86.5 Å². The van der Waals surface area contributed by atoms with Crippen LogP contribution in [0.5, 0.6) is 11.5 Å². The number of hydrogen-bond acceptors (Lipinski definition) is 6. The molecule has 1 aromatic carbocycles. The van der Waals surface area contributed by atoms with E-state index in [1.807, 2.05) is 31.2 Å². The molecule has 1 aromatic heterocycles. The molecule has 0 amide bonds. The molecule has 0 radical (unpaired) electrons. The number of nitrogens with one attached hydrogen (secondary N) is 1. The number of para-hydroxylation sites is 2. The number of hydrogen-bond donors (Lipinski definition) is 1. The van der Waals surface area contributed by atoms with Crippen LogP contribution in [0.2, 0.25) is 0 Å². The van der Waals surface area contributed by atoms with Crippen LogP contribution in [0.3, 0.4) is 0 Å². The van der Waals surface area contributed by atoms with Crippen LogP contribution in [0.15, 0.2) is 36.5 Å². The van der Waals surface area contributed by atoms with Crippen molar-refractivity contribution in [3.05, 3.63) is 52.2 Å². The molecule has 0 fully saturated rings. The lowest BCUT2D eigenvalue weighted by molar-refractivity contribution is -0.385. The van der Waals surface area contributed by atoms with Gasteiger partial charge in [0.1, 0.15) is 18.1 Å². The Bertz CT molecular complexity index is 691. The summed E-state index contributed by atoms with van der Waals surface area (Å²) in [6.07, 6.45) is 1.10. The SMILES string of the molecule is COc1ccccc1OC(C)CNc1ncc([N+](=O)[O-])cc1C. The summed E-state index contributed by atoms with van der Waals surface area (Å²) >= 11 is 0. The fourth-order valence-corrected chi connectivity index (χ4v) is 2.06. The summed E-state index contributed by atoms with van der Waals surface area (Å²) in [5, 5.41) is 13.8. The largest absolute Gasteiger partial charge is 0.493 e. The smallest absolute Gasteiger partial charge is 0.287 e. The highest BCUT2D eigenvalue weighted by atomic mass is 16.6. The van der Waals surface area contributed by atoms with Crippen molar-refractivity contribution in [2.45, 2.75) is 20.0 Å². The Balaban J connectivity index is 1.96. The van der Waals surface area contributed by atoms with Gasteiger partial charge in [0, 0.05) is 6.07 Å². The van der Waals surface area contributed by atoms with Gasteiger partial charge in [-0.1, -0.05) is 12.1 Å². The minimum absolute atomic E-state index is 0.0219. The molecule has 0 aliphatic rings. The molecule has 7 nitrogen and oxygen atoms in total. The molecule has 1 heterocycles. The summed E-state index contributed by atoms with van der Waals surface area (Å²) in [5.41, 5.74) is 0.690. The number of aryl methyl sites for hydroxylation is 1. The first-order chi connectivity index (χ1) is 11.0. The molecular weight excluding hydrogens is 298 g/mol. The van der Waals surface area contributed by atoms with Gasteiger partial charge in [0.15, 0.2) is 11.5 Å². The molecule has 7 heteroatoms. The Hall–Kier alpha value is -2.83. The Kier molecular flexibility index (Phi) is 5.35. The maximum atomic E-state index is 10.7. The lowest BCUT2D eigenvalue weighted by Crippen LogP contribution is -2.23. The average Bonchev–Trinajstić information content (AvgIpc) is 2.54. The van der Waals surface area contributed by atoms with Crippen LogP contribution in [0.4, 0.5) is 11.5 Å². The van der Waals surface area contributed by atoms with E-state index in [1.54, 1.807) is 14.0 Å².